The maximum atomic E-state index is 12.6. The number of carbonyl (C=O) groups is 1. The molecule has 0 aromatic heterocycles. The molecule has 2 unspecified atom stereocenters. The van der Waals surface area contributed by atoms with Gasteiger partial charge in [0.15, 0.2) is 0 Å². The molecule has 0 bridgehead atoms. The summed E-state index contributed by atoms with van der Waals surface area (Å²) in [6, 6.07) is 21.5. The Bertz CT molecular complexity index is 931. The smallest absolute Gasteiger partial charge is 0.251 e. The Labute approximate surface area is 150 Å². The van der Waals surface area contributed by atoms with Crippen molar-refractivity contribution in [2.24, 2.45) is 0 Å². The molecule has 0 radical (unpaired) electrons. The molecule has 1 amide bonds. The second-order valence-corrected chi connectivity index (χ2v) is 7.62. The Morgan fingerprint density at radius 3 is 2.56 bits per heavy atom. The van der Waals surface area contributed by atoms with Crippen molar-refractivity contribution in [2.75, 3.05) is 6.26 Å². The van der Waals surface area contributed by atoms with Crippen molar-refractivity contribution in [2.45, 2.75) is 18.7 Å². The lowest BCUT2D eigenvalue weighted by Gasteiger charge is -2.17. The number of nitrogens with one attached hydrogen (secondary N) is 1. The van der Waals surface area contributed by atoms with Gasteiger partial charge in [0.05, 0.1) is 6.04 Å². The van der Waals surface area contributed by atoms with Crippen LogP contribution in [0.5, 0.6) is 0 Å². The molecule has 4 heteroatoms. The van der Waals surface area contributed by atoms with E-state index < -0.39 is 10.8 Å². The van der Waals surface area contributed by atoms with Gasteiger partial charge in [0.2, 0.25) is 0 Å². The summed E-state index contributed by atoms with van der Waals surface area (Å²) in [4.78, 5) is 12.6. The normalized spacial score (nSPS) is 13.4. The molecule has 1 N–H and O–H groups in total. The highest BCUT2D eigenvalue weighted by molar-refractivity contribution is 7.83. The van der Waals surface area contributed by atoms with Crippen LogP contribution in [0, 0.1) is 0 Å². The molecule has 3 nitrogen and oxygen atoms in total. The molecule has 0 aliphatic heterocycles. The molecule has 2 atom stereocenters. The van der Waals surface area contributed by atoms with Crippen LogP contribution in [-0.2, 0) is 16.6 Å². The lowest BCUT2D eigenvalue weighted by atomic mass is 9.99. The Morgan fingerprint density at radius 2 is 1.76 bits per heavy atom. The molecule has 0 heterocycles. The van der Waals surface area contributed by atoms with Gasteiger partial charge >= 0.3 is 0 Å². The van der Waals surface area contributed by atoms with Crippen LogP contribution >= 0.6 is 0 Å². The molecule has 0 saturated carbocycles. The number of benzene rings is 3. The van der Waals surface area contributed by atoms with E-state index in [1.54, 1.807) is 12.3 Å². The van der Waals surface area contributed by atoms with Crippen molar-refractivity contribution >= 4 is 27.5 Å². The van der Waals surface area contributed by atoms with Gasteiger partial charge in [-0.1, -0.05) is 54.6 Å². The highest BCUT2D eigenvalue weighted by Gasteiger charge is 2.14. The van der Waals surface area contributed by atoms with Crippen molar-refractivity contribution in [3.8, 4) is 0 Å². The van der Waals surface area contributed by atoms with E-state index in [0.29, 0.717) is 11.3 Å². The summed E-state index contributed by atoms with van der Waals surface area (Å²) < 4.78 is 11.4. The van der Waals surface area contributed by atoms with Gasteiger partial charge in [0.1, 0.15) is 0 Å². The third-order valence-corrected chi connectivity index (χ3v) is 4.94. The molecule has 0 aliphatic carbocycles. The van der Waals surface area contributed by atoms with Gasteiger partial charge in [-0.05, 0) is 41.0 Å². The first-order valence-electron chi connectivity index (χ1n) is 8.22. The minimum atomic E-state index is -0.926. The third kappa shape index (κ3) is 4.15. The van der Waals surface area contributed by atoms with Crippen molar-refractivity contribution in [3.63, 3.8) is 0 Å². The van der Waals surface area contributed by atoms with Crippen LogP contribution < -0.4 is 5.32 Å². The fourth-order valence-electron chi connectivity index (χ4n) is 3.02. The quantitative estimate of drug-likeness (QED) is 0.748. The topological polar surface area (TPSA) is 46.2 Å². The van der Waals surface area contributed by atoms with Gasteiger partial charge in [-0.3, -0.25) is 9.00 Å². The third-order valence-electron chi connectivity index (χ3n) is 4.20. The molecule has 25 heavy (non-hydrogen) atoms. The lowest BCUT2D eigenvalue weighted by Crippen LogP contribution is -2.26. The molecule has 0 spiro atoms. The summed E-state index contributed by atoms with van der Waals surface area (Å²) in [7, 11) is -0.926. The molecule has 3 rings (SSSR count). The van der Waals surface area contributed by atoms with E-state index in [1.165, 1.54) is 0 Å². The first kappa shape index (κ1) is 17.4. The number of fused-ring (bicyclic) bond motifs is 1. The van der Waals surface area contributed by atoms with Crippen LogP contribution in [0.25, 0.3) is 10.8 Å². The summed E-state index contributed by atoms with van der Waals surface area (Å²) in [6.07, 6.45) is 1.66. The zero-order chi connectivity index (χ0) is 17.8. The van der Waals surface area contributed by atoms with Gasteiger partial charge in [0.25, 0.3) is 5.91 Å². The number of hydrogen-bond acceptors (Lipinski definition) is 2. The van der Waals surface area contributed by atoms with E-state index in [2.05, 4.69) is 23.5 Å². The van der Waals surface area contributed by atoms with Crippen molar-refractivity contribution in [3.05, 3.63) is 83.4 Å². The van der Waals surface area contributed by atoms with Crippen LogP contribution in [0.1, 0.15) is 34.5 Å². The van der Waals surface area contributed by atoms with E-state index in [-0.39, 0.29) is 11.9 Å². The summed E-state index contributed by atoms with van der Waals surface area (Å²) in [5.74, 6) is 0.337. The monoisotopic (exact) mass is 351 g/mol. The number of hydrogen-bond donors (Lipinski definition) is 1. The maximum Gasteiger partial charge on any atom is 0.251 e. The Hall–Kier alpha value is -2.46. The highest BCUT2D eigenvalue weighted by atomic mass is 32.2. The van der Waals surface area contributed by atoms with Crippen molar-refractivity contribution in [1.29, 1.82) is 0 Å². The van der Waals surface area contributed by atoms with Crippen LogP contribution in [0.3, 0.4) is 0 Å². The molecular formula is C21H21NO2S. The minimum Gasteiger partial charge on any atom is -0.345 e. The number of carbonyl (C=O) groups excluding carboxylic acids is 1. The fraction of sp³-hybridized carbons (Fsp3) is 0.190. The average Bonchev–Trinajstić information content (AvgIpc) is 2.60. The Morgan fingerprint density at radius 1 is 1.04 bits per heavy atom. The second-order valence-electron chi connectivity index (χ2n) is 6.18. The number of amides is 1. The van der Waals surface area contributed by atoms with E-state index >= 15 is 0 Å². The summed E-state index contributed by atoms with van der Waals surface area (Å²) in [5, 5.41) is 5.38. The van der Waals surface area contributed by atoms with Gasteiger partial charge in [-0.2, -0.15) is 0 Å². The average molecular weight is 351 g/mol. The van der Waals surface area contributed by atoms with E-state index in [0.717, 1.165) is 21.9 Å². The predicted octanol–water partition coefficient (Wildman–Crippen LogP) is 4.21. The molecule has 0 fully saturated rings. The summed E-state index contributed by atoms with van der Waals surface area (Å²) in [5.41, 5.74) is 2.60. The summed E-state index contributed by atoms with van der Waals surface area (Å²) >= 11 is 0. The van der Waals surface area contributed by atoms with Crippen LogP contribution in [0.4, 0.5) is 0 Å². The Kier molecular flexibility index (Phi) is 5.29. The minimum absolute atomic E-state index is 0.109. The van der Waals surface area contributed by atoms with Gasteiger partial charge in [0, 0.05) is 28.4 Å². The first-order valence-corrected chi connectivity index (χ1v) is 9.95. The largest absolute Gasteiger partial charge is 0.345 e. The van der Waals surface area contributed by atoms with E-state index in [1.807, 2.05) is 49.4 Å². The highest BCUT2D eigenvalue weighted by Crippen LogP contribution is 2.24. The second kappa shape index (κ2) is 7.62. The van der Waals surface area contributed by atoms with Crippen LogP contribution in [0.2, 0.25) is 0 Å². The molecule has 3 aromatic rings. The zero-order valence-electron chi connectivity index (χ0n) is 14.4. The first-order chi connectivity index (χ1) is 12.0. The molecule has 0 saturated heterocycles. The van der Waals surface area contributed by atoms with Crippen LogP contribution in [-0.4, -0.2) is 16.4 Å². The molecule has 3 aromatic carbocycles. The molecule has 128 valence electrons. The van der Waals surface area contributed by atoms with Gasteiger partial charge in [-0.25, -0.2) is 0 Å². The van der Waals surface area contributed by atoms with E-state index in [4.69, 9.17) is 0 Å². The SMILES string of the molecule is CC(NC(=O)c1cccc(CS(C)=O)c1)c1cccc2ccccc12. The fourth-order valence-corrected chi connectivity index (χ4v) is 3.67. The van der Waals surface area contributed by atoms with Gasteiger partial charge < -0.3 is 5.32 Å². The van der Waals surface area contributed by atoms with Crippen molar-refractivity contribution < 1.29 is 9.00 Å². The predicted molar refractivity (Wildman–Crippen MR) is 104 cm³/mol. The van der Waals surface area contributed by atoms with Crippen LogP contribution in [0.15, 0.2) is 66.7 Å². The Balaban J connectivity index is 1.81. The van der Waals surface area contributed by atoms with Crippen molar-refractivity contribution in [1.82, 2.24) is 5.32 Å². The lowest BCUT2D eigenvalue weighted by molar-refractivity contribution is 0.0940. The standard InChI is InChI=1S/C21H21NO2S/c1-15(19-12-6-9-17-8-3-4-11-20(17)19)22-21(23)18-10-5-7-16(13-18)14-25(2)24/h3-13,15H,14H2,1-2H3,(H,22,23). The molecule has 0 aliphatic rings. The molecular weight excluding hydrogens is 330 g/mol. The van der Waals surface area contributed by atoms with E-state index in [9.17, 15) is 9.00 Å². The maximum absolute atomic E-state index is 12.6. The van der Waals surface area contributed by atoms with Gasteiger partial charge in [-0.15, -0.1) is 0 Å². The number of rotatable bonds is 5. The summed E-state index contributed by atoms with van der Waals surface area (Å²) in [6.45, 7) is 1.99. The zero-order valence-corrected chi connectivity index (χ0v) is 15.2.